The molecule has 0 atom stereocenters. The van der Waals surface area contributed by atoms with Gasteiger partial charge in [0.1, 0.15) is 17.0 Å². The summed E-state index contributed by atoms with van der Waals surface area (Å²) in [6.07, 6.45) is 5.10. The second kappa shape index (κ2) is 5.20. The molecule has 3 heterocycles. The van der Waals surface area contributed by atoms with Gasteiger partial charge in [-0.2, -0.15) is 4.98 Å². The maximum absolute atomic E-state index is 5.23. The van der Waals surface area contributed by atoms with E-state index in [1.165, 1.54) is 16.9 Å². The first-order chi connectivity index (χ1) is 10.7. The predicted molar refractivity (Wildman–Crippen MR) is 85.4 cm³/mol. The summed E-state index contributed by atoms with van der Waals surface area (Å²) in [5.41, 5.74) is 1.41. The quantitative estimate of drug-likeness (QED) is 0.790. The SMILES string of the molecule is CN(C)c1noc(CNc2ncnc3sc4c(c23)CCC4)n1. The lowest BCUT2D eigenvalue weighted by molar-refractivity contribution is 0.383. The average Bonchev–Trinajstić information content (AvgIpc) is 3.19. The van der Waals surface area contributed by atoms with Gasteiger partial charge in [0.05, 0.1) is 11.9 Å². The Labute approximate surface area is 131 Å². The Balaban J connectivity index is 1.61. The summed E-state index contributed by atoms with van der Waals surface area (Å²) in [5, 5.41) is 8.38. The average molecular weight is 316 g/mol. The number of rotatable bonds is 4. The van der Waals surface area contributed by atoms with Gasteiger partial charge in [0.15, 0.2) is 0 Å². The number of hydrogen-bond donors (Lipinski definition) is 1. The number of fused-ring (bicyclic) bond motifs is 3. The van der Waals surface area contributed by atoms with Crippen LogP contribution in [0.1, 0.15) is 22.8 Å². The minimum absolute atomic E-state index is 0.456. The zero-order chi connectivity index (χ0) is 15.1. The van der Waals surface area contributed by atoms with Gasteiger partial charge in [-0.3, -0.25) is 0 Å². The maximum Gasteiger partial charge on any atom is 0.265 e. The Hall–Kier alpha value is -2.22. The highest BCUT2D eigenvalue weighted by molar-refractivity contribution is 7.19. The Morgan fingerprint density at radius 2 is 2.23 bits per heavy atom. The molecule has 0 saturated heterocycles. The summed E-state index contributed by atoms with van der Waals surface area (Å²) in [5.74, 6) is 1.97. The second-order valence-corrected chi connectivity index (χ2v) is 6.58. The Morgan fingerprint density at radius 3 is 3.05 bits per heavy atom. The Morgan fingerprint density at radius 1 is 1.32 bits per heavy atom. The zero-order valence-corrected chi connectivity index (χ0v) is 13.3. The van der Waals surface area contributed by atoms with E-state index in [9.17, 15) is 0 Å². The molecule has 0 unspecified atom stereocenters. The highest BCUT2D eigenvalue weighted by atomic mass is 32.1. The summed E-state index contributed by atoms with van der Waals surface area (Å²) in [6.45, 7) is 0.456. The highest BCUT2D eigenvalue weighted by Gasteiger charge is 2.21. The van der Waals surface area contributed by atoms with E-state index >= 15 is 0 Å². The molecule has 0 amide bonds. The van der Waals surface area contributed by atoms with E-state index in [0.29, 0.717) is 18.4 Å². The lowest BCUT2D eigenvalue weighted by Gasteiger charge is -2.05. The van der Waals surface area contributed by atoms with E-state index in [2.05, 4.69) is 25.4 Å². The topological polar surface area (TPSA) is 80.0 Å². The van der Waals surface area contributed by atoms with Crippen LogP contribution in [-0.4, -0.2) is 34.2 Å². The minimum Gasteiger partial charge on any atom is -0.360 e. The summed E-state index contributed by atoms with van der Waals surface area (Å²) in [6, 6.07) is 0. The van der Waals surface area contributed by atoms with E-state index in [0.717, 1.165) is 28.9 Å². The van der Waals surface area contributed by atoms with Gasteiger partial charge in [0.2, 0.25) is 5.89 Å². The number of anilines is 2. The summed E-state index contributed by atoms with van der Waals surface area (Å²) >= 11 is 1.78. The van der Waals surface area contributed by atoms with E-state index in [1.54, 1.807) is 17.7 Å². The molecule has 3 aromatic heterocycles. The number of nitrogens with zero attached hydrogens (tertiary/aromatic N) is 5. The summed E-state index contributed by atoms with van der Waals surface area (Å²) in [7, 11) is 3.76. The van der Waals surface area contributed by atoms with Crippen molar-refractivity contribution < 1.29 is 4.52 Å². The molecule has 0 aliphatic heterocycles. The number of hydrogen-bond acceptors (Lipinski definition) is 8. The van der Waals surface area contributed by atoms with Gasteiger partial charge in [-0.05, 0) is 30.0 Å². The first-order valence-corrected chi connectivity index (χ1v) is 8.03. The number of aromatic nitrogens is 4. The normalized spacial score (nSPS) is 13.5. The number of thiophene rings is 1. The van der Waals surface area contributed by atoms with Crippen molar-refractivity contribution in [3.05, 3.63) is 22.7 Å². The van der Waals surface area contributed by atoms with Crippen LogP contribution >= 0.6 is 11.3 Å². The van der Waals surface area contributed by atoms with E-state index in [1.807, 2.05) is 19.0 Å². The molecular weight excluding hydrogens is 300 g/mol. The summed E-state index contributed by atoms with van der Waals surface area (Å²) in [4.78, 5) is 17.4. The van der Waals surface area contributed by atoms with Crippen molar-refractivity contribution >= 4 is 33.3 Å². The van der Waals surface area contributed by atoms with Gasteiger partial charge in [-0.25, -0.2) is 9.97 Å². The summed E-state index contributed by atoms with van der Waals surface area (Å²) < 4.78 is 5.23. The zero-order valence-electron chi connectivity index (χ0n) is 12.5. The van der Waals surface area contributed by atoms with Gasteiger partial charge in [0, 0.05) is 19.0 Å². The molecule has 4 rings (SSSR count). The Kier molecular flexibility index (Phi) is 3.18. The van der Waals surface area contributed by atoms with Gasteiger partial charge < -0.3 is 14.7 Å². The van der Waals surface area contributed by atoms with E-state index in [4.69, 9.17) is 4.52 Å². The van der Waals surface area contributed by atoms with Crippen LogP contribution in [-0.2, 0) is 19.4 Å². The molecule has 0 fully saturated rings. The first kappa shape index (κ1) is 13.4. The highest BCUT2D eigenvalue weighted by Crippen LogP contribution is 2.39. The molecule has 8 heteroatoms. The third kappa shape index (κ3) is 2.19. The fourth-order valence-corrected chi connectivity index (χ4v) is 3.95. The molecule has 3 aromatic rings. The third-order valence-electron chi connectivity index (χ3n) is 3.77. The molecule has 0 spiro atoms. The monoisotopic (exact) mass is 316 g/mol. The van der Waals surface area contributed by atoms with Crippen molar-refractivity contribution in [3.8, 4) is 0 Å². The largest absolute Gasteiger partial charge is 0.360 e. The van der Waals surface area contributed by atoms with Crippen LogP contribution in [0.4, 0.5) is 11.8 Å². The standard InChI is InChI=1S/C14H16N6OS/c1-20(2)14-18-10(21-19-14)6-15-12-11-8-4-3-5-9(8)22-13(11)17-7-16-12/h7H,3-6H2,1-2H3,(H,15,16,17). The van der Waals surface area contributed by atoms with Gasteiger partial charge in [0.25, 0.3) is 5.95 Å². The molecule has 22 heavy (non-hydrogen) atoms. The van der Waals surface area contributed by atoms with Crippen molar-refractivity contribution in [2.24, 2.45) is 0 Å². The van der Waals surface area contributed by atoms with Crippen LogP contribution in [0.5, 0.6) is 0 Å². The number of aryl methyl sites for hydroxylation is 2. The molecule has 0 radical (unpaired) electrons. The van der Waals surface area contributed by atoms with Crippen LogP contribution in [0, 0.1) is 0 Å². The molecule has 1 aliphatic carbocycles. The van der Waals surface area contributed by atoms with Crippen molar-refractivity contribution in [1.29, 1.82) is 0 Å². The lowest BCUT2D eigenvalue weighted by atomic mass is 10.2. The molecule has 0 saturated carbocycles. The van der Waals surface area contributed by atoms with Crippen molar-refractivity contribution in [3.63, 3.8) is 0 Å². The van der Waals surface area contributed by atoms with Crippen LogP contribution in [0.2, 0.25) is 0 Å². The third-order valence-corrected chi connectivity index (χ3v) is 4.97. The van der Waals surface area contributed by atoms with Crippen LogP contribution < -0.4 is 10.2 Å². The number of nitrogens with one attached hydrogen (secondary N) is 1. The predicted octanol–water partition coefficient (Wildman–Crippen LogP) is 2.24. The van der Waals surface area contributed by atoms with Crippen LogP contribution in [0.25, 0.3) is 10.2 Å². The molecular formula is C14H16N6OS. The molecule has 7 nitrogen and oxygen atoms in total. The van der Waals surface area contributed by atoms with Gasteiger partial charge in [-0.15, -0.1) is 11.3 Å². The van der Waals surface area contributed by atoms with Gasteiger partial charge in [-0.1, -0.05) is 0 Å². The van der Waals surface area contributed by atoms with Crippen molar-refractivity contribution in [2.45, 2.75) is 25.8 Å². The molecule has 1 aliphatic rings. The van der Waals surface area contributed by atoms with Crippen LogP contribution in [0.3, 0.4) is 0 Å². The van der Waals surface area contributed by atoms with Crippen molar-refractivity contribution in [1.82, 2.24) is 20.1 Å². The first-order valence-electron chi connectivity index (χ1n) is 7.21. The van der Waals surface area contributed by atoms with E-state index in [-0.39, 0.29) is 0 Å². The Bertz CT molecular complexity index is 824. The fourth-order valence-electron chi connectivity index (χ4n) is 2.72. The lowest BCUT2D eigenvalue weighted by Crippen LogP contribution is -2.10. The molecule has 114 valence electrons. The molecule has 0 aromatic carbocycles. The van der Waals surface area contributed by atoms with Crippen molar-refractivity contribution in [2.75, 3.05) is 24.3 Å². The smallest absolute Gasteiger partial charge is 0.265 e. The van der Waals surface area contributed by atoms with Crippen LogP contribution in [0.15, 0.2) is 10.9 Å². The maximum atomic E-state index is 5.23. The second-order valence-electron chi connectivity index (χ2n) is 5.50. The van der Waals surface area contributed by atoms with E-state index < -0.39 is 0 Å². The van der Waals surface area contributed by atoms with Gasteiger partial charge >= 0.3 is 0 Å². The minimum atomic E-state index is 0.456. The molecule has 0 bridgehead atoms. The fraction of sp³-hybridized carbons (Fsp3) is 0.429. The molecule has 1 N–H and O–H groups in total.